The highest BCUT2D eigenvalue weighted by molar-refractivity contribution is 5.63. The van der Waals surface area contributed by atoms with Gasteiger partial charge in [-0.3, -0.25) is 0 Å². The molecule has 1 heterocycles. The number of aromatic nitrogens is 2. The lowest BCUT2D eigenvalue weighted by molar-refractivity contribution is 0.316. The van der Waals surface area contributed by atoms with Crippen LogP contribution >= 0.6 is 0 Å². The van der Waals surface area contributed by atoms with Crippen molar-refractivity contribution in [2.75, 3.05) is 20.2 Å². The molecule has 0 unspecified atom stereocenters. The average molecular weight is 243 g/mol. The van der Waals surface area contributed by atoms with Crippen LogP contribution in [0.1, 0.15) is 5.56 Å². The number of nitrogens with one attached hydrogen (secondary N) is 1. The van der Waals surface area contributed by atoms with Gasteiger partial charge in [0, 0.05) is 24.5 Å². The fraction of sp³-hybridized carbons (Fsp3) is 0.286. The van der Waals surface area contributed by atoms with Crippen LogP contribution in [0.2, 0.25) is 0 Å². The number of rotatable bonds is 5. The molecular formula is C14H17N3O. The lowest BCUT2D eigenvalue weighted by Crippen LogP contribution is -2.16. The van der Waals surface area contributed by atoms with Crippen LogP contribution in [0.4, 0.5) is 0 Å². The zero-order valence-electron chi connectivity index (χ0n) is 10.7. The van der Waals surface area contributed by atoms with Gasteiger partial charge in [-0.1, -0.05) is 6.07 Å². The van der Waals surface area contributed by atoms with Crippen LogP contribution in [-0.4, -0.2) is 30.2 Å². The van der Waals surface area contributed by atoms with Gasteiger partial charge in [0.25, 0.3) is 0 Å². The summed E-state index contributed by atoms with van der Waals surface area (Å²) in [4.78, 5) is 8.05. The molecule has 1 N–H and O–H groups in total. The second kappa shape index (κ2) is 6.12. The smallest absolute Gasteiger partial charge is 0.122 e. The number of hydrogen-bond donors (Lipinski definition) is 1. The fourth-order valence-corrected chi connectivity index (χ4v) is 1.70. The van der Waals surface area contributed by atoms with Crippen LogP contribution in [0.3, 0.4) is 0 Å². The maximum Gasteiger partial charge on any atom is 0.122 e. The predicted octanol–water partition coefficient (Wildman–Crippen LogP) is 2.05. The van der Waals surface area contributed by atoms with Crippen LogP contribution in [0, 0.1) is 6.92 Å². The maximum atomic E-state index is 5.67. The number of likely N-dealkylation sites (N-methyl/N-ethyl adjacent to an activating group) is 1. The molecule has 2 aromatic rings. The van der Waals surface area contributed by atoms with Crippen molar-refractivity contribution >= 4 is 0 Å². The number of hydrogen-bond acceptors (Lipinski definition) is 4. The first-order valence-electron chi connectivity index (χ1n) is 5.94. The molecule has 0 amide bonds. The van der Waals surface area contributed by atoms with Crippen molar-refractivity contribution in [1.82, 2.24) is 15.3 Å². The van der Waals surface area contributed by atoms with Gasteiger partial charge < -0.3 is 10.1 Å². The molecule has 0 saturated carbocycles. The Labute approximate surface area is 107 Å². The summed E-state index contributed by atoms with van der Waals surface area (Å²) in [6, 6.07) is 6.11. The van der Waals surface area contributed by atoms with Crippen LogP contribution in [0.5, 0.6) is 5.75 Å². The molecule has 0 aliphatic carbocycles. The number of ether oxygens (including phenoxy) is 1. The van der Waals surface area contributed by atoms with Crippen molar-refractivity contribution in [3.05, 3.63) is 42.5 Å². The van der Waals surface area contributed by atoms with Crippen LogP contribution < -0.4 is 10.1 Å². The van der Waals surface area contributed by atoms with Gasteiger partial charge in [-0.25, -0.2) is 9.97 Å². The van der Waals surface area contributed by atoms with Gasteiger partial charge in [0.15, 0.2) is 0 Å². The Balaban J connectivity index is 2.15. The van der Waals surface area contributed by atoms with Gasteiger partial charge >= 0.3 is 0 Å². The number of benzene rings is 1. The summed E-state index contributed by atoms with van der Waals surface area (Å²) in [6.45, 7) is 3.56. The van der Waals surface area contributed by atoms with Gasteiger partial charge in [0.1, 0.15) is 18.7 Å². The van der Waals surface area contributed by atoms with Crippen LogP contribution in [0.25, 0.3) is 11.1 Å². The van der Waals surface area contributed by atoms with E-state index in [1.807, 2.05) is 38.5 Å². The Bertz CT molecular complexity index is 500. The van der Waals surface area contributed by atoms with E-state index in [1.54, 1.807) is 0 Å². The van der Waals surface area contributed by atoms with Crippen LogP contribution in [-0.2, 0) is 0 Å². The Morgan fingerprint density at radius 2 is 1.94 bits per heavy atom. The summed E-state index contributed by atoms with van der Waals surface area (Å²) in [5, 5.41) is 3.05. The zero-order valence-corrected chi connectivity index (χ0v) is 10.7. The fourth-order valence-electron chi connectivity index (χ4n) is 1.70. The highest BCUT2D eigenvalue weighted by Crippen LogP contribution is 2.25. The van der Waals surface area contributed by atoms with E-state index in [0.717, 1.165) is 29.0 Å². The van der Waals surface area contributed by atoms with Crippen molar-refractivity contribution < 1.29 is 4.74 Å². The normalized spacial score (nSPS) is 10.3. The maximum absolute atomic E-state index is 5.67. The van der Waals surface area contributed by atoms with Crippen LogP contribution in [0.15, 0.2) is 36.9 Å². The van der Waals surface area contributed by atoms with E-state index in [9.17, 15) is 0 Å². The van der Waals surface area contributed by atoms with Crippen molar-refractivity contribution in [3.63, 3.8) is 0 Å². The molecule has 1 aromatic carbocycles. The highest BCUT2D eigenvalue weighted by Gasteiger charge is 2.03. The molecule has 0 bridgehead atoms. The Hall–Kier alpha value is -1.94. The predicted molar refractivity (Wildman–Crippen MR) is 71.6 cm³/mol. The standard InChI is InChI=1S/C14H17N3O/c1-11-7-12(13-8-16-10-17-9-13)3-4-14(11)18-6-5-15-2/h3-4,7-10,15H,5-6H2,1-2H3. The minimum atomic E-state index is 0.672. The first kappa shape index (κ1) is 12.5. The van der Waals surface area contributed by atoms with Gasteiger partial charge in [-0.2, -0.15) is 0 Å². The van der Waals surface area contributed by atoms with Crippen molar-refractivity contribution in [2.45, 2.75) is 6.92 Å². The lowest BCUT2D eigenvalue weighted by atomic mass is 10.1. The van der Waals surface area contributed by atoms with Gasteiger partial charge in [0.2, 0.25) is 0 Å². The Morgan fingerprint density at radius 1 is 1.17 bits per heavy atom. The van der Waals surface area contributed by atoms with Crippen molar-refractivity contribution in [2.24, 2.45) is 0 Å². The van der Waals surface area contributed by atoms with Gasteiger partial charge in [-0.15, -0.1) is 0 Å². The second-order valence-electron chi connectivity index (χ2n) is 4.06. The molecule has 0 atom stereocenters. The summed E-state index contributed by atoms with van der Waals surface area (Å²) in [7, 11) is 1.91. The summed E-state index contributed by atoms with van der Waals surface area (Å²) >= 11 is 0. The molecular weight excluding hydrogens is 226 g/mol. The largest absolute Gasteiger partial charge is 0.492 e. The minimum absolute atomic E-state index is 0.672. The zero-order chi connectivity index (χ0) is 12.8. The SMILES string of the molecule is CNCCOc1ccc(-c2cncnc2)cc1C. The molecule has 0 saturated heterocycles. The van der Waals surface area contributed by atoms with Gasteiger partial charge in [-0.05, 0) is 37.2 Å². The Morgan fingerprint density at radius 3 is 2.61 bits per heavy atom. The van der Waals surface area contributed by atoms with E-state index >= 15 is 0 Å². The molecule has 1 aromatic heterocycles. The van der Waals surface area contributed by atoms with Crippen molar-refractivity contribution in [1.29, 1.82) is 0 Å². The highest BCUT2D eigenvalue weighted by atomic mass is 16.5. The quantitative estimate of drug-likeness (QED) is 0.816. The average Bonchev–Trinajstić information content (AvgIpc) is 2.42. The molecule has 0 aliphatic heterocycles. The minimum Gasteiger partial charge on any atom is -0.492 e. The molecule has 2 rings (SSSR count). The third-order valence-corrected chi connectivity index (χ3v) is 2.68. The van der Waals surface area contributed by atoms with E-state index in [2.05, 4.69) is 21.4 Å². The van der Waals surface area contributed by atoms with E-state index in [1.165, 1.54) is 6.33 Å². The van der Waals surface area contributed by atoms with Gasteiger partial charge in [0.05, 0.1) is 0 Å². The monoisotopic (exact) mass is 243 g/mol. The topological polar surface area (TPSA) is 47.0 Å². The second-order valence-corrected chi connectivity index (χ2v) is 4.06. The van der Waals surface area contributed by atoms with E-state index < -0.39 is 0 Å². The summed E-state index contributed by atoms with van der Waals surface area (Å²) in [6.07, 6.45) is 5.15. The molecule has 0 radical (unpaired) electrons. The number of nitrogens with zero attached hydrogens (tertiary/aromatic N) is 2. The molecule has 0 aliphatic rings. The third-order valence-electron chi connectivity index (χ3n) is 2.68. The molecule has 4 nitrogen and oxygen atoms in total. The molecule has 94 valence electrons. The van der Waals surface area contributed by atoms with E-state index in [0.29, 0.717) is 6.61 Å². The Kier molecular flexibility index (Phi) is 4.25. The molecule has 18 heavy (non-hydrogen) atoms. The molecule has 0 fully saturated rings. The molecule has 4 heteroatoms. The summed E-state index contributed by atoms with van der Waals surface area (Å²) in [5.41, 5.74) is 3.24. The first-order valence-corrected chi connectivity index (χ1v) is 5.94. The molecule has 0 spiro atoms. The van der Waals surface area contributed by atoms with E-state index in [4.69, 9.17) is 4.74 Å². The summed E-state index contributed by atoms with van der Waals surface area (Å²) in [5.74, 6) is 0.922. The third kappa shape index (κ3) is 3.05. The first-order chi connectivity index (χ1) is 8.81. The van der Waals surface area contributed by atoms with E-state index in [-0.39, 0.29) is 0 Å². The summed E-state index contributed by atoms with van der Waals surface area (Å²) < 4.78 is 5.67. The lowest BCUT2D eigenvalue weighted by Gasteiger charge is -2.10. The number of aryl methyl sites for hydroxylation is 1. The van der Waals surface area contributed by atoms with Crippen molar-refractivity contribution in [3.8, 4) is 16.9 Å².